The number of hydrogen-bond acceptors (Lipinski definition) is 5. The average Bonchev–Trinajstić information content (AvgIpc) is 2.84. The number of nitro groups is 1. The largest absolute Gasteiger partial charge is 0.462 e. The number of nitrogens with zero attached hydrogens (tertiary/aromatic N) is 1. The van der Waals surface area contributed by atoms with Crippen molar-refractivity contribution in [2.75, 3.05) is 5.32 Å². The highest BCUT2D eigenvalue weighted by Crippen LogP contribution is 2.25. The van der Waals surface area contributed by atoms with Crippen molar-refractivity contribution in [1.29, 1.82) is 0 Å². The van der Waals surface area contributed by atoms with Crippen LogP contribution in [0, 0.1) is 15.9 Å². The number of benzene rings is 1. The van der Waals surface area contributed by atoms with Gasteiger partial charge in [0, 0.05) is 12.1 Å². The van der Waals surface area contributed by atoms with Crippen LogP contribution in [0.15, 0.2) is 34.7 Å². The quantitative estimate of drug-likeness (QED) is 0.641. The van der Waals surface area contributed by atoms with E-state index in [4.69, 9.17) is 9.52 Å². The maximum atomic E-state index is 13.1. The Balaban J connectivity index is 2.14. The number of aliphatic hydroxyl groups is 1. The van der Waals surface area contributed by atoms with E-state index in [1.165, 1.54) is 0 Å². The monoisotopic (exact) mass is 266 g/mol. The lowest BCUT2D eigenvalue weighted by Crippen LogP contribution is -2.02. The third-order valence-corrected chi connectivity index (χ3v) is 2.48. The molecule has 0 atom stereocenters. The Labute approximate surface area is 107 Å². The normalized spacial score (nSPS) is 10.4. The Kier molecular flexibility index (Phi) is 3.76. The first-order valence-corrected chi connectivity index (χ1v) is 5.46. The number of anilines is 1. The molecular formula is C12H11FN2O4. The Bertz CT molecular complexity index is 597. The van der Waals surface area contributed by atoms with Crippen LogP contribution < -0.4 is 5.32 Å². The highest BCUT2D eigenvalue weighted by atomic mass is 19.1. The van der Waals surface area contributed by atoms with Crippen molar-refractivity contribution in [3.05, 3.63) is 57.8 Å². The third kappa shape index (κ3) is 3.08. The molecule has 1 aromatic heterocycles. The molecule has 1 aromatic carbocycles. The van der Waals surface area contributed by atoms with Gasteiger partial charge in [0.15, 0.2) is 0 Å². The van der Waals surface area contributed by atoms with Gasteiger partial charge in [-0.05, 0) is 18.2 Å². The Hall–Kier alpha value is -2.41. The minimum atomic E-state index is -0.594. The molecule has 100 valence electrons. The standard InChI is InChI=1S/C12H11FN2O4/c13-8-1-4-12(15(17)18)11(5-8)14-6-9-2-3-10(7-16)19-9/h1-5,14,16H,6-7H2. The summed E-state index contributed by atoms with van der Waals surface area (Å²) >= 11 is 0. The number of halogens is 1. The van der Waals surface area contributed by atoms with Gasteiger partial charge in [0.2, 0.25) is 0 Å². The van der Waals surface area contributed by atoms with E-state index in [2.05, 4.69) is 5.32 Å². The highest BCUT2D eigenvalue weighted by Gasteiger charge is 2.14. The molecule has 0 aliphatic rings. The molecule has 2 rings (SSSR count). The maximum absolute atomic E-state index is 13.1. The number of rotatable bonds is 5. The number of furan rings is 1. The zero-order valence-electron chi connectivity index (χ0n) is 9.80. The summed E-state index contributed by atoms with van der Waals surface area (Å²) in [6.45, 7) is -0.0651. The second-order valence-corrected chi connectivity index (χ2v) is 3.80. The molecule has 0 fully saturated rings. The maximum Gasteiger partial charge on any atom is 0.292 e. The summed E-state index contributed by atoms with van der Waals surface area (Å²) in [5, 5.41) is 22.3. The van der Waals surface area contributed by atoms with E-state index in [-0.39, 0.29) is 24.5 Å². The van der Waals surface area contributed by atoms with Gasteiger partial charge in [0.1, 0.15) is 29.6 Å². The topological polar surface area (TPSA) is 88.5 Å². The van der Waals surface area contributed by atoms with Crippen molar-refractivity contribution in [3.63, 3.8) is 0 Å². The Morgan fingerprint density at radius 1 is 1.32 bits per heavy atom. The van der Waals surface area contributed by atoms with E-state index >= 15 is 0 Å². The number of nitrogens with one attached hydrogen (secondary N) is 1. The van der Waals surface area contributed by atoms with Crippen LogP contribution in [0.2, 0.25) is 0 Å². The predicted octanol–water partition coefficient (Wildman–Crippen LogP) is 2.43. The number of nitro benzene ring substituents is 1. The average molecular weight is 266 g/mol. The molecule has 0 saturated carbocycles. The van der Waals surface area contributed by atoms with Crippen LogP contribution in [0.1, 0.15) is 11.5 Å². The van der Waals surface area contributed by atoms with Gasteiger partial charge < -0.3 is 14.8 Å². The molecule has 0 unspecified atom stereocenters. The predicted molar refractivity (Wildman–Crippen MR) is 65.0 cm³/mol. The number of hydrogen-bond donors (Lipinski definition) is 2. The van der Waals surface area contributed by atoms with Crippen LogP contribution >= 0.6 is 0 Å². The lowest BCUT2D eigenvalue weighted by Gasteiger charge is -2.05. The first-order chi connectivity index (χ1) is 9.10. The van der Waals surface area contributed by atoms with E-state index in [1.807, 2.05) is 0 Å². The SMILES string of the molecule is O=[N+]([O-])c1ccc(F)cc1NCc1ccc(CO)o1. The van der Waals surface area contributed by atoms with Gasteiger partial charge in [-0.15, -0.1) is 0 Å². The Morgan fingerprint density at radius 2 is 2.05 bits per heavy atom. The van der Waals surface area contributed by atoms with Crippen LogP contribution in [0.25, 0.3) is 0 Å². The summed E-state index contributed by atoms with van der Waals surface area (Å²) in [5.41, 5.74) is -0.137. The van der Waals surface area contributed by atoms with Gasteiger partial charge in [-0.3, -0.25) is 10.1 Å². The van der Waals surface area contributed by atoms with Crippen LogP contribution in [-0.2, 0) is 13.2 Å². The summed E-state index contributed by atoms with van der Waals surface area (Å²) in [6.07, 6.45) is 0. The van der Waals surface area contributed by atoms with Crippen LogP contribution in [0.5, 0.6) is 0 Å². The van der Waals surface area contributed by atoms with E-state index in [1.54, 1.807) is 12.1 Å². The van der Waals surface area contributed by atoms with Crippen molar-refractivity contribution in [1.82, 2.24) is 0 Å². The summed E-state index contributed by atoms with van der Waals surface area (Å²) in [6, 6.07) is 6.40. The molecule has 6 nitrogen and oxygen atoms in total. The van der Waals surface area contributed by atoms with E-state index in [9.17, 15) is 14.5 Å². The second-order valence-electron chi connectivity index (χ2n) is 3.80. The summed E-state index contributed by atoms with van der Waals surface area (Å²) < 4.78 is 18.3. The molecule has 0 saturated heterocycles. The van der Waals surface area contributed by atoms with Crippen LogP contribution in [0.3, 0.4) is 0 Å². The first kappa shape index (κ1) is 13.0. The second kappa shape index (κ2) is 5.49. The fourth-order valence-electron chi connectivity index (χ4n) is 1.59. The molecule has 1 heterocycles. The minimum Gasteiger partial charge on any atom is -0.462 e. The summed E-state index contributed by atoms with van der Waals surface area (Å²) in [7, 11) is 0. The first-order valence-electron chi connectivity index (χ1n) is 5.46. The smallest absolute Gasteiger partial charge is 0.292 e. The van der Waals surface area contributed by atoms with E-state index in [0.717, 1.165) is 18.2 Å². The molecule has 0 bridgehead atoms. The molecule has 7 heteroatoms. The summed E-state index contributed by atoms with van der Waals surface area (Å²) in [4.78, 5) is 10.2. The van der Waals surface area contributed by atoms with Crippen LogP contribution in [-0.4, -0.2) is 10.0 Å². The molecule has 19 heavy (non-hydrogen) atoms. The molecule has 0 amide bonds. The molecule has 2 aromatic rings. The van der Waals surface area contributed by atoms with Crippen LogP contribution in [0.4, 0.5) is 15.8 Å². The lowest BCUT2D eigenvalue weighted by atomic mass is 10.2. The molecule has 0 radical (unpaired) electrons. The lowest BCUT2D eigenvalue weighted by molar-refractivity contribution is -0.384. The molecule has 0 spiro atoms. The highest BCUT2D eigenvalue weighted by molar-refractivity contribution is 5.61. The van der Waals surface area contributed by atoms with Gasteiger partial charge in [-0.2, -0.15) is 0 Å². The number of aliphatic hydroxyl groups excluding tert-OH is 1. The summed E-state index contributed by atoms with van der Waals surface area (Å²) in [5.74, 6) is 0.316. The van der Waals surface area contributed by atoms with Crippen molar-refractivity contribution >= 4 is 11.4 Å². The fourth-order valence-corrected chi connectivity index (χ4v) is 1.59. The van der Waals surface area contributed by atoms with Gasteiger partial charge >= 0.3 is 0 Å². The van der Waals surface area contributed by atoms with Gasteiger partial charge in [-0.25, -0.2) is 4.39 Å². The van der Waals surface area contributed by atoms with E-state index in [0.29, 0.717) is 11.5 Å². The van der Waals surface area contributed by atoms with Crippen molar-refractivity contribution in [3.8, 4) is 0 Å². The molecule has 2 N–H and O–H groups in total. The van der Waals surface area contributed by atoms with Crippen molar-refractivity contribution in [2.24, 2.45) is 0 Å². The van der Waals surface area contributed by atoms with Gasteiger partial charge in [0.05, 0.1) is 11.5 Å². The minimum absolute atomic E-state index is 0.0759. The molecule has 0 aliphatic heterocycles. The zero-order valence-corrected chi connectivity index (χ0v) is 9.80. The zero-order chi connectivity index (χ0) is 13.8. The third-order valence-electron chi connectivity index (χ3n) is 2.48. The van der Waals surface area contributed by atoms with Crippen molar-refractivity contribution in [2.45, 2.75) is 13.2 Å². The Morgan fingerprint density at radius 3 is 2.68 bits per heavy atom. The molecular weight excluding hydrogens is 255 g/mol. The molecule has 0 aliphatic carbocycles. The van der Waals surface area contributed by atoms with Gasteiger partial charge in [0.25, 0.3) is 5.69 Å². The fraction of sp³-hybridized carbons (Fsp3) is 0.167. The van der Waals surface area contributed by atoms with E-state index < -0.39 is 10.7 Å². The van der Waals surface area contributed by atoms with Gasteiger partial charge in [-0.1, -0.05) is 0 Å². The van der Waals surface area contributed by atoms with Crippen molar-refractivity contribution < 1.29 is 18.8 Å².